The lowest BCUT2D eigenvalue weighted by molar-refractivity contribution is -0.126. The van der Waals surface area contributed by atoms with E-state index in [0.29, 0.717) is 31.7 Å². The van der Waals surface area contributed by atoms with Crippen molar-refractivity contribution in [3.8, 4) is 11.5 Å². The van der Waals surface area contributed by atoms with E-state index in [1.54, 1.807) is 12.1 Å². The summed E-state index contributed by atoms with van der Waals surface area (Å²) in [7, 11) is -0.795. The Balaban J connectivity index is 2.12. The average Bonchev–Trinajstić information content (AvgIpc) is 2.67. The van der Waals surface area contributed by atoms with E-state index < -0.39 is 10.0 Å². The maximum Gasteiger partial charge on any atom is 0.246 e. The summed E-state index contributed by atoms with van der Waals surface area (Å²) in [6, 6.07) is 4.84. The normalized spacial score (nSPS) is 17.5. The third kappa shape index (κ3) is 4.48. The Morgan fingerprint density at radius 3 is 2.46 bits per heavy atom. The molecule has 0 bridgehead atoms. The van der Waals surface area contributed by atoms with E-state index in [1.165, 1.54) is 24.6 Å². The first-order valence-electron chi connectivity index (χ1n) is 8.86. The van der Waals surface area contributed by atoms with E-state index in [-0.39, 0.29) is 28.5 Å². The minimum absolute atomic E-state index is 0.00959. The van der Waals surface area contributed by atoms with Crippen molar-refractivity contribution in [3.63, 3.8) is 0 Å². The summed E-state index contributed by atoms with van der Waals surface area (Å²) < 4.78 is 37.8. The summed E-state index contributed by atoms with van der Waals surface area (Å²) in [4.78, 5) is 12.3. The molecule has 146 valence electrons. The highest BCUT2D eigenvalue weighted by molar-refractivity contribution is 7.89. The van der Waals surface area contributed by atoms with Crippen LogP contribution in [0.15, 0.2) is 23.1 Å². The van der Waals surface area contributed by atoms with Gasteiger partial charge < -0.3 is 14.8 Å². The number of rotatable bonds is 7. The Morgan fingerprint density at radius 1 is 1.27 bits per heavy atom. The Bertz CT molecular complexity index is 727. The van der Waals surface area contributed by atoms with E-state index in [1.807, 2.05) is 13.8 Å². The Kier molecular flexibility index (Phi) is 6.88. The van der Waals surface area contributed by atoms with Crippen molar-refractivity contribution in [2.24, 2.45) is 5.92 Å². The fourth-order valence-corrected chi connectivity index (χ4v) is 4.59. The summed E-state index contributed by atoms with van der Waals surface area (Å²) >= 11 is 0. The molecule has 0 aliphatic carbocycles. The van der Waals surface area contributed by atoms with Gasteiger partial charge in [0.2, 0.25) is 15.9 Å². The lowest BCUT2D eigenvalue weighted by Crippen LogP contribution is -2.44. The molecule has 7 nitrogen and oxygen atoms in total. The van der Waals surface area contributed by atoms with Crippen LogP contribution < -0.4 is 14.8 Å². The van der Waals surface area contributed by atoms with Gasteiger partial charge in [-0.25, -0.2) is 8.42 Å². The number of benzene rings is 1. The van der Waals surface area contributed by atoms with E-state index in [0.717, 1.165) is 6.42 Å². The molecule has 2 rings (SSSR count). The molecule has 1 atom stereocenters. The van der Waals surface area contributed by atoms with Crippen molar-refractivity contribution < 1.29 is 22.7 Å². The summed E-state index contributed by atoms with van der Waals surface area (Å²) in [6.45, 7) is 4.59. The number of carbonyl (C=O) groups excluding carboxylic acids is 1. The predicted molar refractivity (Wildman–Crippen MR) is 98.9 cm³/mol. The fourth-order valence-electron chi connectivity index (χ4n) is 2.95. The van der Waals surface area contributed by atoms with Gasteiger partial charge in [-0.2, -0.15) is 4.31 Å². The van der Waals surface area contributed by atoms with E-state index in [9.17, 15) is 13.2 Å². The lowest BCUT2D eigenvalue weighted by Gasteiger charge is -2.31. The summed E-state index contributed by atoms with van der Waals surface area (Å²) in [5.41, 5.74) is 0. The first-order chi connectivity index (χ1) is 12.3. The van der Waals surface area contributed by atoms with Crippen LogP contribution in [-0.2, 0) is 14.8 Å². The largest absolute Gasteiger partial charge is 0.497 e. The third-order valence-corrected chi connectivity index (χ3v) is 6.73. The van der Waals surface area contributed by atoms with Gasteiger partial charge in [0.1, 0.15) is 16.4 Å². The maximum absolute atomic E-state index is 13.0. The zero-order valence-corrected chi connectivity index (χ0v) is 16.6. The Hall–Kier alpha value is -1.80. The van der Waals surface area contributed by atoms with Gasteiger partial charge in [0.25, 0.3) is 0 Å². The number of hydrogen-bond acceptors (Lipinski definition) is 5. The van der Waals surface area contributed by atoms with Crippen LogP contribution in [0.3, 0.4) is 0 Å². The molecular weight excluding hydrogens is 356 g/mol. The number of carbonyl (C=O) groups is 1. The number of ether oxygens (including phenoxy) is 2. The SMILES string of the molecule is CC[C@H](C)NC(=O)C1CCN(S(=O)(=O)c2cc(OC)ccc2OC)CC1. The topological polar surface area (TPSA) is 84.9 Å². The highest BCUT2D eigenvalue weighted by Gasteiger charge is 2.34. The Morgan fingerprint density at radius 2 is 1.92 bits per heavy atom. The lowest BCUT2D eigenvalue weighted by atomic mass is 9.97. The molecule has 1 aromatic rings. The fraction of sp³-hybridized carbons (Fsp3) is 0.611. The molecule has 0 aromatic heterocycles. The van der Waals surface area contributed by atoms with E-state index >= 15 is 0 Å². The number of nitrogens with zero attached hydrogens (tertiary/aromatic N) is 1. The molecule has 1 heterocycles. The smallest absolute Gasteiger partial charge is 0.246 e. The number of nitrogens with one attached hydrogen (secondary N) is 1. The predicted octanol–water partition coefficient (Wildman–Crippen LogP) is 2.02. The van der Waals surface area contributed by atoms with Crippen LogP contribution in [0.5, 0.6) is 11.5 Å². The molecule has 0 spiro atoms. The minimum atomic E-state index is -3.72. The zero-order chi connectivity index (χ0) is 19.3. The second-order valence-electron chi connectivity index (χ2n) is 6.51. The molecule has 1 aliphatic heterocycles. The van der Waals surface area contributed by atoms with Gasteiger partial charge in [0.05, 0.1) is 14.2 Å². The van der Waals surface area contributed by atoms with Crippen LogP contribution in [0.4, 0.5) is 0 Å². The van der Waals surface area contributed by atoms with Crippen LogP contribution in [0, 0.1) is 5.92 Å². The quantitative estimate of drug-likeness (QED) is 0.777. The molecule has 1 fully saturated rings. The molecule has 1 aromatic carbocycles. The first-order valence-corrected chi connectivity index (χ1v) is 10.3. The highest BCUT2D eigenvalue weighted by atomic mass is 32.2. The van der Waals surface area contributed by atoms with Crippen LogP contribution >= 0.6 is 0 Å². The Labute approximate surface area is 155 Å². The number of amides is 1. The molecule has 1 saturated heterocycles. The second-order valence-corrected chi connectivity index (χ2v) is 8.42. The summed E-state index contributed by atoms with van der Waals surface area (Å²) in [5, 5.41) is 2.97. The molecule has 0 saturated carbocycles. The first kappa shape index (κ1) is 20.5. The maximum atomic E-state index is 13.0. The van der Waals surface area contributed by atoms with Crippen molar-refractivity contribution in [1.82, 2.24) is 9.62 Å². The molecule has 26 heavy (non-hydrogen) atoms. The number of hydrogen-bond donors (Lipinski definition) is 1. The van der Waals surface area contributed by atoms with E-state index in [4.69, 9.17) is 9.47 Å². The minimum Gasteiger partial charge on any atom is -0.497 e. The van der Waals surface area contributed by atoms with Crippen molar-refractivity contribution >= 4 is 15.9 Å². The van der Waals surface area contributed by atoms with Gasteiger partial charge >= 0.3 is 0 Å². The van der Waals surface area contributed by atoms with Crippen LogP contribution in [-0.4, -0.2) is 52.0 Å². The van der Waals surface area contributed by atoms with E-state index in [2.05, 4.69) is 5.32 Å². The highest BCUT2D eigenvalue weighted by Crippen LogP contribution is 2.32. The third-order valence-electron chi connectivity index (χ3n) is 4.81. The van der Waals surface area contributed by atoms with Crippen LogP contribution in [0.1, 0.15) is 33.1 Å². The van der Waals surface area contributed by atoms with Gasteiger partial charge in [-0.05, 0) is 38.3 Å². The van der Waals surface area contributed by atoms with Crippen LogP contribution in [0.2, 0.25) is 0 Å². The molecule has 0 radical (unpaired) electrons. The molecule has 0 unspecified atom stereocenters. The average molecular weight is 384 g/mol. The molecule has 8 heteroatoms. The van der Waals surface area contributed by atoms with Crippen molar-refractivity contribution in [2.45, 2.75) is 44.0 Å². The van der Waals surface area contributed by atoms with Crippen LogP contribution in [0.25, 0.3) is 0 Å². The number of methoxy groups -OCH3 is 2. The molecule has 1 amide bonds. The summed E-state index contributed by atoms with van der Waals surface area (Å²) in [6.07, 6.45) is 1.89. The number of sulfonamides is 1. The second kappa shape index (κ2) is 8.73. The summed E-state index contributed by atoms with van der Waals surface area (Å²) in [5.74, 6) is 0.590. The molecule has 1 N–H and O–H groups in total. The van der Waals surface area contributed by atoms with Crippen molar-refractivity contribution in [2.75, 3.05) is 27.3 Å². The van der Waals surface area contributed by atoms with Gasteiger partial charge in [0.15, 0.2) is 0 Å². The van der Waals surface area contributed by atoms with Gasteiger partial charge in [-0.15, -0.1) is 0 Å². The van der Waals surface area contributed by atoms with Gasteiger partial charge in [0, 0.05) is 31.1 Å². The molecular formula is C18H28N2O5S. The van der Waals surface area contributed by atoms with Crippen molar-refractivity contribution in [3.05, 3.63) is 18.2 Å². The van der Waals surface area contributed by atoms with Gasteiger partial charge in [-0.1, -0.05) is 6.92 Å². The van der Waals surface area contributed by atoms with Crippen molar-refractivity contribution in [1.29, 1.82) is 0 Å². The monoisotopic (exact) mass is 384 g/mol. The molecule has 1 aliphatic rings. The standard InChI is InChI=1S/C18H28N2O5S/c1-5-13(2)19-18(21)14-8-10-20(11-9-14)26(22,23)17-12-15(24-3)6-7-16(17)25-4/h6-7,12-14H,5,8-11H2,1-4H3,(H,19,21)/t13-/m0/s1. The number of piperidine rings is 1. The van der Waals surface area contributed by atoms with Gasteiger partial charge in [-0.3, -0.25) is 4.79 Å². The zero-order valence-electron chi connectivity index (χ0n) is 15.8.